The van der Waals surface area contributed by atoms with Crippen LogP contribution in [0, 0.1) is 17.7 Å². The molecule has 1 amide bonds. The molecular formula is C24H26FN3O3. The number of hydrogen-bond acceptors (Lipinski definition) is 4. The minimum Gasteiger partial charge on any atom is -0.492 e. The molecule has 0 fully saturated rings. The van der Waals surface area contributed by atoms with E-state index in [1.807, 2.05) is 18.2 Å². The van der Waals surface area contributed by atoms with Crippen molar-refractivity contribution in [1.82, 2.24) is 10.2 Å². The Morgan fingerprint density at radius 3 is 2.94 bits per heavy atom. The van der Waals surface area contributed by atoms with Crippen molar-refractivity contribution in [1.29, 1.82) is 0 Å². The van der Waals surface area contributed by atoms with Crippen LogP contribution in [0.5, 0.6) is 11.5 Å². The van der Waals surface area contributed by atoms with Gasteiger partial charge in [-0.25, -0.2) is 4.39 Å². The molecule has 162 valence electrons. The Morgan fingerprint density at radius 1 is 1.29 bits per heavy atom. The van der Waals surface area contributed by atoms with Gasteiger partial charge in [-0.2, -0.15) is 5.10 Å². The third-order valence-electron chi connectivity index (χ3n) is 5.32. The van der Waals surface area contributed by atoms with E-state index in [1.165, 1.54) is 12.1 Å². The molecule has 1 aromatic heterocycles. The topological polar surface area (TPSA) is 76.2 Å². The van der Waals surface area contributed by atoms with E-state index < -0.39 is 5.92 Å². The normalized spacial score (nSPS) is 15.3. The number of ether oxygens (including phenoxy) is 2. The largest absolute Gasteiger partial charge is 0.492 e. The zero-order valence-corrected chi connectivity index (χ0v) is 17.7. The van der Waals surface area contributed by atoms with Gasteiger partial charge >= 0.3 is 0 Å². The van der Waals surface area contributed by atoms with Gasteiger partial charge in [0.05, 0.1) is 24.4 Å². The number of aromatic amines is 1. The van der Waals surface area contributed by atoms with E-state index in [-0.39, 0.29) is 18.3 Å². The Morgan fingerprint density at radius 2 is 2.16 bits per heavy atom. The Balaban J connectivity index is 1.51. The van der Waals surface area contributed by atoms with Crippen LogP contribution in [-0.4, -0.2) is 29.3 Å². The van der Waals surface area contributed by atoms with Crippen molar-refractivity contribution in [3.05, 3.63) is 60.2 Å². The summed E-state index contributed by atoms with van der Waals surface area (Å²) in [5, 5.41) is 9.78. The number of carbonyl (C=O) groups is 1. The molecule has 0 radical (unpaired) electrons. The lowest BCUT2D eigenvalue weighted by atomic mass is 9.95. The first-order valence-corrected chi connectivity index (χ1v) is 10.5. The van der Waals surface area contributed by atoms with Crippen molar-refractivity contribution < 1.29 is 18.7 Å². The number of nitrogens with zero attached hydrogens (tertiary/aromatic N) is 1. The number of anilines is 1. The molecule has 2 N–H and O–H groups in total. The minimum atomic E-state index is -0.411. The van der Waals surface area contributed by atoms with Crippen LogP contribution in [0.15, 0.2) is 48.8 Å². The van der Waals surface area contributed by atoms with E-state index in [0.717, 1.165) is 17.5 Å². The molecule has 3 aromatic rings. The van der Waals surface area contributed by atoms with Crippen LogP contribution in [0.3, 0.4) is 0 Å². The van der Waals surface area contributed by atoms with E-state index in [9.17, 15) is 9.18 Å². The molecule has 7 heteroatoms. The Hall–Kier alpha value is -3.35. The molecule has 6 nitrogen and oxygen atoms in total. The SMILES string of the molecule is CC(C)CCOc1cc(-c2cn[nH]c2)ccc1NC(=O)C1COc2ccc(F)cc2C1. The van der Waals surface area contributed by atoms with Crippen LogP contribution in [0.2, 0.25) is 0 Å². The first-order chi connectivity index (χ1) is 15.0. The third kappa shape index (κ3) is 5.05. The first kappa shape index (κ1) is 20.9. The standard InChI is InChI=1S/C24H26FN3O3/c1-15(2)7-8-30-23-11-16(19-12-26-27-13-19)3-5-21(23)28-24(29)18-9-17-10-20(25)4-6-22(17)31-14-18/h3-6,10-13,15,18H,7-9,14H2,1-2H3,(H,26,27)(H,28,29). The van der Waals surface area contributed by atoms with Crippen LogP contribution < -0.4 is 14.8 Å². The second kappa shape index (κ2) is 9.20. The highest BCUT2D eigenvalue weighted by atomic mass is 19.1. The molecule has 0 bridgehead atoms. The molecule has 4 rings (SSSR count). The second-order valence-electron chi connectivity index (χ2n) is 8.18. The fourth-order valence-electron chi connectivity index (χ4n) is 3.50. The average molecular weight is 423 g/mol. The maximum absolute atomic E-state index is 13.6. The van der Waals surface area contributed by atoms with Crippen LogP contribution >= 0.6 is 0 Å². The van der Waals surface area contributed by atoms with Gasteiger partial charge in [0.25, 0.3) is 0 Å². The van der Waals surface area contributed by atoms with Crippen molar-refractivity contribution >= 4 is 11.6 Å². The molecule has 1 aliphatic heterocycles. The van der Waals surface area contributed by atoms with Gasteiger partial charge in [-0.15, -0.1) is 0 Å². The van der Waals surface area contributed by atoms with Gasteiger partial charge in [0.2, 0.25) is 5.91 Å². The highest BCUT2D eigenvalue weighted by Gasteiger charge is 2.27. The molecule has 1 atom stereocenters. The van der Waals surface area contributed by atoms with Gasteiger partial charge < -0.3 is 14.8 Å². The molecule has 0 spiro atoms. The van der Waals surface area contributed by atoms with E-state index in [2.05, 4.69) is 29.4 Å². The maximum Gasteiger partial charge on any atom is 0.231 e. The van der Waals surface area contributed by atoms with Gasteiger partial charge in [0.1, 0.15) is 23.9 Å². The van der Waals surface area contributed by atoms with Gasteiger partial charge in [0, 0.05) is 11.8 Å². The highest BCUT2D eigenvalue weighted by molar-refractivity contribution is 5.95. The van der Waals surface area contributed by atoms with Gasteiger partial charge in [0.15, 0.2) is 0 Å². The third-order valence-corrected chi connectivity index (χ3v) is 5.32. The number of benzene rings is 2. The van der Waals surface area contributed by atoms with E-state index >= 15 is 0 Å². The summed E-state index contributed by atoms with van der Waals surface area (Å²) in [7, 11) is 0. The minimum absolute atomic E-state index is 0.181. The first-order valence-electron chi connectivity index (χ1n) is 10.5. The molecule has 0 saturated carbocycles. The fraction of sp³-hybridized carbons (Fsp3) is 0.333. The van der Waals surface area contributed by atoms with Crippen molar-refractivity contribution in [2.75, 3.05) is 18.5 Å². The molecule has 31 heavy (non-hydrogen) atoms. The summed E-state index contributed by atoms with van der Waals surface area (Å²) in [6.07, 6.45) is 4.88. The summed E-state index contributed by atoms with van der Waals surface area (Å²) in [5.74, 6) is 0.823. The second-order valence-corrected chi connectivity index (χ2v) is 8.18. The number of carbonyl (C=O) groups excluding carboxylic acids is 1. The number of H-pyrrole nitrogens is 1. The van der Waals surface area contributed by atoms with E-state index in [0.29, 0.717) is 41.7 Å². The number of rotatable bonds is 7. The summed E-state index contributed by atoms with van der Waals surface area (Å²) < 4.78 is 25.3. The quantitative estimate of drug-likeness (QED) is 0.571. The van der Waals surface area contributed by atoms with Crippen molar-refractivity contribution in [2.24, 2.45) is 11.8 Å². The molecule has 2 heterocycles. The van der Waals surface area contributed by atoms with Gasteiger partial charge in [-0.05, 0) is 60.2 Å². The lowest BCUT2D eigenvalue weighted by molar-refractivity contribution is -0.121. The van der Waals surface area contributed by atoms with Gasteiger partial charge in [-0.1, -0.05) is 19.9 Å². The number of aromatic nitrogens is 2. The van der Waals surface area contributed by atoms with Crippen molar-refractivity contribution in [2.45, 2.75) is 26.7 Å². The van der Waals surface area contributed by atoms with Crippen LogP contribution in [0.25, 0.3) is 11.1 Å². The molecule has 2 aromatic carbocycles. The summed E-state index contributed by atoms with van der Waals surface area (Å²) >= 11 is 0. The Bertz CT molecular complexity index is 1050. The lowest BCUT2D eigenvalue weighted by Crippen LogP contribution is -2.32. The summed E-state index contributed by atoms with van der Waals surface area (Å²) in [6, 6.07) is 10.0. The average Bonchev–Trinajstić information content (AvgIpc) is 3.29. The molecule has 1 aliphatic rings. The zero-order chi connectivity index (χ0) is 21.8. The molecule has 0 aliphatic carbocycles. The van der Waals surface area contributed by atoms with Crippen LogP contribution in [0.1, 0.15) is 25.8 Å². The molecule has 0 saturated heterocycles. The smallest absolute Gasteiger partial charge is 0.231 e. The Labute approximate surface area is 180 Å². The predicted octanol–water partition coefficient (Wildman–Crippen LogP) is 4.83. The molecule has 1 unspecified atom stereocenters. The summed E-state index contributed by atoms with van der Waals surface area (Å²) in [5.41, 5.74) is 3.18. The number of amides is 1. The number of nitrogens with one attached hydrogen (secondary N) is 2. The van der Waals surface area contributed by atoms with E-state index in [4.69, 9.17) is 9.47 Å². The summed E-state index contributed by atoms with van der Waals surface area (Å²) in [4.78, 5) is 13.0. The van der Waals surface area contributed by atoms with Crippen LogP contribution in [-0.2, 0) is 11.2 Å². The fourth-order valence-corrected chi connectivity index (χ4v) is 3.50. The predicted molar refractivity (Wildman–Crippen MR) is 117 cm³/mol. The zero-order valence-electron chi connectivity index (χ0n) is 17.7. The van der Waals surface area contributed by atoms with Gasteiger partial charge in [-0.3, -0.25) is 9.89 Å². The highest BCUT2D eigenvalue weighted by Crippen LogP contribution is 2.33. The van der Waals surface area contributed by atoms with Crippen molar-refractivity contribution in [3.8, 4) is 22.6 Å². The molecular weight excluding hydrogens is 397 g/mol. The number of halogens is 1. The van der Waals surface area contributed by atoms with E-state index in [1.54, 1.807) is 18.5 Å². The monoisotopic (exact) mass is 423 g/mol. The Kier molecular flexibility index (Phi) is 6.21. The number of fused-ring (bicyclic) bond motifs is 1. The maximum atomic E-state index is 13.6. The lowest BCUT2D eigenvalue weighted by Gasteiger charge is -2.25. The van der Waals surface area contributed by atoms with Crippen LogP contribution in [0.4, 0.5) is 10.1 Å². The number of hydrogen-bond donors (Lipinski definition) is 2. The summed E-state index contributed by atoms with van der Waals surface area (Å²) in [6.45, 7) is 5.07. The van der Waals surface area contributed by atoms with Crippen molar-refractivity contribution in [3.63, 3.8) is 0 Å².